The van der Waals surface area contributed by atoms with E-state index < -0.39 is 23.6 Å². The average Bonchev–Trinajstić information content (AvgIpc) is 3.24. The Balaban J connectivity index is 1.83. The molecule has 0 aliphatic rings. The van der Waals surface area contributed by atoms with Gasteiger partial charge in [0, 0.05) is 17.8 Å². The number of carboxylic acids is 1. The normalized spacial score (nSPS) is 11.4. The molecule has 0 aliphatic carbocycles. The number of aromatic nitrogens is 4. The summed E-state index contributed by atoms with van der Waals surface area (Å²) >= 11 is 0. The fourth-order valence-electron chi connectivity index (χ4n) is 3.59. The summed E-state index contributed by atoms with van der Waals surface area (Å²) in [6.45, 7) is 5.58. The van der Waals surface area contributed by atoms with Gasteiger partial charge in [0.25, 0.3) is 0 Å². The Bertz CT molecular complexity index is 1430. The molecule has 4 rings (SSSR count). The van der Waals surface area contributed by atoms with Crippen molar-refractivity contribution in [3.8, 4) is 22.8 Å². The average molecular weight is 497 g/mol. The minimum atomic E-state index is -4.95. The van der Waals surface area contributed by atoms with Gasteiger partial charge in [-0.3, -0.25) is 4.98 Å². The van der Waals surface area contributed by atoms with E-state index in [1.54, 1.807) is 26.1 Å². The number of carboxylic acid groups (broad SMARTS) is 1. The maximum Gasteiger partial charge on any atom is 0.573 e. The largest absolute Gasteiger partial charge is 0.573 e. The molecular weight excluding hydrogens is 475 g/mol. The van der Waals surface area contributed by atoms with E-state index in [2.05, 4.69) is 20.0 Å². The van der Waals surface area contributed by atoms with Gasteiger partial charge in [-0.25, -0.2) is 9.78 Å². The van der Waals surface area contributed by atoms with E-state index in [1.807, 2.05) is 31.2 Å². The number of ether oxygens (including phenoxy) is 1. The molecule has 0 bridgehead atoms. The molecule has 0 fully saturated rings. The summed E-state index contributed by atoms with van der Waals surface area (Å²) in [5, 5.41) is 17.3. The van der Waals surface area contributed by atoms with Crippen LogP contribution in [0, 0.1) is 13.8 Å². The van der Waals surface area contributed by atoms with Gasteiger partial charge in [-0.05, 0) is 50.1 Å². The lowest BCUT2D eigenvalue weighted by molar-refractivity contribution is -0.274. The van der Waals surface area contributed by atoms with Crippen LogP contribution in [0.1, 0.15) is 34.2 Å². The van der Waals surface area contributed by atoms with E-state index in [9.17, 15) is 23.1 Å². The summed E-state index contributed by atoms with van der Waals surface area (Å²) in [4.78, 5) is 20.7. The Labute approximate surface area is 204 Å². The third-order valence-corrected chi connectivity index (χ3v) is 5.31. The van der Waals surface area contributed by atoms with Gasteiger partial charge in [0.15, 0.2) is 5.82 Å². The summed E-state index contributed by atoms with van der Waals surface area (Å²) in [6, 6.07) is 12.6. The van der Waals surface area contributed by atoms with Crippen molar-refractivity contribution in [2.24, 2.45) is 0 Å². The highest BCUT2D eigenvalue weighted by atomic mass is 19.4. The van der Waals surface area contributed by atoms with Crippen molar-refractivity contribution < 1.29 is 27.8 Å². The van der Waals surface area contributed by atoms with Crippen LogP contribution in [0.5, 0.6) is 5.75 Å². The third kappa shape index (κ3) is 5.45. The molecule has 8 nitrogen and oxygen atoms in total. The van der Waals surface area contributed by atoms with E-state index in [1.165, 1.54) is 10.7 Å². The second-order valence-corrected chi connectivity index (χ2v) is 7.99. The van der Waals surface area contributed by atoms with Gasteiger partial charge in [0.1, 0.15) is 11.6 Å². The quantitative estimate of drug-likeness (QED) is 0.330. The van der Waals surface area contributed by atoms with Crippen molar-refractivity contribution in [1.29, 1.82) is 0 Å². The van der Waals surface area contributed by atoms with Gasteiger partial charge in [-0.2, -0.15) is 9.78 Å². The minimum absolute atomic E-state index is 0.0466. The highest BCUT2D eigenvalue weighted by Gasteiger charge is 2.31. The smallest absolute Gasteiger partial charge is 0.478 e. The maximum atomic E-state index is 12.6. The molecule has 2 N–H and O–H groups in total. The highest BCUT2D eigenvalue weighted by molar-refractivity contribution is 5.95. The Hall–Kier alpha value is -4.41. The number of alkyl halides is 3. The van der Waals surface area contributed by atoms with Gasteiger partial charge in [-0.15, -0.1) is 13.2 Å². The molecule has 0 saturated heterocycles. The fraction of sp³-hybridized carbons (Fsp3) is 0.200. The molecule has 2 heterocycles. The number of aromatic carboxylic acids is 1. The Morgan fingerprint density at radius 1 is 1.14 bits per heavy atom. The zero-order valence-corrected chi connectivity index (χ0v) is 19.6. The van der Waals surface area contributed by atoms with Crippen molar-refractivity contribution in [2.45, 2.75) is 33.6 Å². The highest BCUT2D eigenvalue weighted by Crippen LogP contribution is 2.32. The Kier molecular flexibility index (Phi) is 6.65. The van der Waals surface area contributed by atoms with Crippen LogP contribution in [0.3, 0.4) is 0 Å². The van der Waals surface area contributed by atoms with Gasteiger partial charge in [0.05, 0.1) is 28.3 Å². The second kappa shape index (κ2) is 9.68. The van der Waals surface area contributed by atoms with E-state index in [0.717, 1.165) is 29.7 Å². The molecule has 2 aromatic heterocycles. The molecule has 0 saturated carbocycles. The standard InChI is InChI=1S/C25H22F3N5O3/c1-4-16-6-5-7-17(10-16)21-12-22(33(32-21)23-15(3)29-13-14(2)30-23)31-20-9-8-18(36-25(26,27)28)11-19(20)24(34)35/h5-13,31H,4H2,1-3H3,(H,34,35). The van der Waals surface area contributed by atoms with E-state index in [0.29, 0.717) is 28.7 Å². The number of nitrogens with one attached hydrogen (secondary N) is 1. The van der Waals surface area contributed by atoms with Crippen molar-refractivity contribution in [3.63, 3.8) is 0 Å². The lowest BCUT2D eigenvalue weighted by atomic mass is 10.1. The molecule has 36 heavy (non-hydrogen) atoms. The van der Waals surface area contributed by atoms with E-state index in [4.69, 9.17) is 5.10 Å². The Morgan fingerprint density at radius 2 is 1.92 bits per heavy atom. The van der Waals surface area contributed by atoms with Crippen LogP contribution < -0.4 is 10.1 Å². The van der Waals surface area contributed by atoms with Gasteiger partial charge in [0.2, 0.25) is 0 Å². The second-order valence-electron chi connectivity index (χ2n) is 7.99. The van der Waals surface area contributed by atoms with Gasteiger partial charge >= 0.3 is 12.3 Å². The lowest BCUT2D eigenvalue weighted by Crippen LogP contribution is -2.17. The van der Waals surface area contributed by atoms with Crippen LogP contribution in [0.2, 0.25) is 0 Å². The molecule has 0 aliphatic heterocycles. The monoisotopic (exact) mass is 497 g/mol. The molecule has 0 spiro atoms. The van der Waals surface area contributed by atoms with Gasteiger partial charge < -0.3 is 15.2 Å². The predicted octanol–water partition coefficient (Wildman–Crippen LogP) is 5.85. The number of anilines is 2. The predicted molar refractivity (Wildman–Crippen MR) is 127 cm³/mol. The number of hydrogen-bond acceptors (Lipinski definition) is 6. The molecule has 0 unspecified atom stereocenters. The summed E-state index contributed by atoms with van der Waals surface area (Å²) < 4.78 is 43.3. The van der Waals surface area contributed by atoms with Crippen LogP contribution in [0.4, 0.5) is 24.7 Å². The number of hydrogen-bond donors (Lipinski definition) is 2. The molecule has 11 heteroatoms. The first-order valence-electron chi connectivity index (χ1n) is 10.9. The first-order chi connectivity index (χ1) is 17.0. The van der Waals surface area contributed by atoms with Crippen LogP contribution in [0.25, 0.3) is 17.1 Å². The molecule has 0 radical (unpaired) electrons. The molecule has 4 aromatic rings. The summed E-state index contributed by atoms with van der Waals surface area (Å²) in [7, 11) is 0. The first-order valence-corrected chi connectivity index (χ1v) is 10.9. The van der Waals surface area contributed by atoms with Crippen LogP contribution in [-0.2, 0) is 6.42 Å². The zero-order chi connectivity index (χ0) is 26.0. The first kappa shape index (κ1) is 24.7. The summed E-state index contributed by atoms with van der Waals surface area (Å²) in [5.74, 6) is -1.30. The number of halogens is 3. The number of rotatable bonds is 7. The lowest BCUT2D eigenvalue weighted by Gasteiger charge is -2.14. The topological polar surface area (TPSA) is 102 Å². The van der Waals surface area contributed by atoms with Crippen LogP contribution in [0.15, 0.2) is 54.7 Å². The van der Waals surface area contributed by atoms with Crippen LogP contribution >= 0.6 is 0 Å². The van der Waals surface area contributed by atoms with Crippen molar-refractivity contribution in [1.82, 2.24) is 19.7 Å². The summed E-state index contributed by atoms with van der Waals surface area (Å²) in [6.07, 6.45) is -2.51. The Morgan fingerprint density at radius 3 is 2.61 bits per heavy atom. The summed E-state index contributed by atoms with van der Waals surface area (Å²) in [5.41, 5.74) is 3.39. The molecule has 0 amide bonds. The molecule has 0 atom stereocenters. The fourth-order valence-corrected chi connectivity index (χ4v) is 3.59. The van der Waals surface area contributed by atoms with E-state index >= 15 is 0 Å². The number of carbonyl (C=O) groups is 1. The van der Waals surface area contributed by atoms with Gasteiger partial charge in [-0.1, -0.05) is 25.1 Å². The molecule has 186 valence electrons. The van der Waals surface area contributed by atoms with Crippen molar-refractivity contribution in [3.05, 3.63) is 77.2 Å². The zero-order valence-electron chi connectivity index (χ0n) is 19.6. The molecule has 2 aromatic carbocycles. The van der Waals surface area contributed by atoms with Crippen molar-refractivity contribution in [2.75, 3.05) is 5.32 Å². The maximum absolute atomic E-state index is 12.6. The minimum Gasteiger partial charge on any atom is -0.478 e. The van der Waals surface area contributed by atoms with E-state index in [-0.39, 0.29) is 5.69 Å². The number of aryl methyl sites for hydroxylation is 3. The third-order valence-electron chi connectivity index (χ3n) is 5.31. The van der Waals surface area contributed by atoms with Crippen molar-refractivity contribution >= 4 is 17.5 Å². The molecular formula is C25H22F3N5O3. The SMILES string of the molecule is CCc1cccc(-c2cc(Nc3ccc(OC(F)(F)F)cc3C(=O)O)n(-c3nc(C)cnc3C)n2)c1. The van der Waals surface area contributed by atoms with Crippen LogP contribution in [-0.4, -0.2) is 37.2 Å². The number of nitrogens with zero attached hydrogens (tertiary/aromatic N) is 4. The number of benzene rings is 2.